The molecule has 0 aliphatic carbocycles. The van der Waals surface area contributed by atoms with E-state index in [9.17, 15) is 18.0 Å². The lowest BCUT2D eigenvalue weighted by Gasteiger charge is -2.15. The standard InChI is InChI=1S/C23H23ClN2O4S/c1-14-9-15(2)11-19(10-14)25-21(27)13-26-17(4)12-16(3)22(23(26)28)31(29,30)20-7-5-18(24)6-8-20/h5-12H,13H2,1-4H3,(H,25,27). The van der Waals surface area contributed by atoms with Crippen LogP contribution in [0, 0.1) is 27.7 Å². The number of sulfone groups is 1. The predicted octanol–water partition coefficient (Wildman–Crippen LogP) is 4.21. The fourth-order valence-electron chi connectivity index (χ4n) is 3.55. The van der Waals surface area contributed by atoms with Gasteiger partial charge in [-0.2, -0.15) is 0 Å². The third-order valence-electron chi connectivity index (χ3n) is 4.85. The summed E-state index contributed by atoms with van der Waals surface area (Å²) in [5.74, 6) is -0.422. The zero-order chi connectivity index (χ0) is 22.9. The lowest BCUT2D eigenvalue weighted by molar-refractivity contribution is -0.116. The average molecular weight is 459 g/mol. The van der Waals surface area contributed by atoms with Crippen LogP contribution in [0.1, 0.15) is 22.4 Å². The van der Waals surface area contributed by atoms with E-state index in [2.05, 4.69) is 5.32 Å². The number of nitrogens with zero attached hydrogens (tertiary/aromatic N) is 1. The fraction of sp³-hybridized carbons (Fsp3) is 0.217. The lowest BCUT2D eigenvalue weighted by atomic mass is 10.1. The number of nitrogens with one attached hydrogen (secondary N) is 1. The molecule has 1 N–H and O–H groups in total. The molecule has 1 aromatic heterocycles. The molecule has 0 saturated carbocycles. The van der Waals surface area contributed by atoms with Gasteiger partial charge in [-0.25, -0.2) is 8.42 Å². The van der Waals surface area contributed by atoms with Gasteiger partial charge in [0.25, 0.3) is 5.56 Å². The minimum absolute atomic E-state index is 0.0350. The molecular weight excluding hydrogens is 436 g/mol. The number of anilines is 1. The number of aromatic nitrogens is 1. The Labute approximate surface area is 186 Å². The second kappa shape index (κ2) is 8.69. The Morgan fingerprint density at radius 1 is 0.968 bits per heavy atom. The van der Waals surface area contributed by atoms with E-state index in [0.717, 1.165) is 11.1 Å². The summed E-state index contributed by atoms with van der Waals surface area (Å²) < 4.78 is 27.5. The SMILES string of the molecule is Cc1cc(C)cc(NC(=O)Cn2c(C)cc(C)c(S(=O)(=O)c3ccc(Cl)cc3)c2=O)c1. The number of benzene rings is 2. The Hall–Kier alpha value is -2.90. The molecule has 2 aromatic carbocycles. The maximum atomic E-state index is 13.2. The maximum Gasteiger partial charge on any atom is 0.270 e. The molecule has 0 aliphatic rings. The van der Waals surface area contributed by atoms with Crippen LogP contribution in [-0.2, 0) is 21.2 Å². The molecule has 0 bridgehead atoms. The number of rotatable bonds is 5. The molecule has 1 amide bonds. The van der Waals surface area contributed by atoms with Crippen LogP contribution in [0.5, 0.6) is 0 Å². The van der Waals surface area contributed by atoms with Gasteiger partial charge in [0.05, 0.1) is 4.90 Å². The van der Waals surface area contributed by atoms with Crippen molar-refractivity contribution in [3.8, 4) is 0 Å². The molecule has 0 aliphatic heterocycles. The van der Waals surface area contributed by atoms with Gasteiger partial charge in [-0.3, -0.25) is 9.59 Å². The van der Waals surface area contributed by atoms with Crippen molar-refractivity contribution in [3.05, 3.63) is 86.3 Å². The summed E-state index contributed by atoms with van der Waals surface area (Å²) >= 11 is 5.85. The molecule has 31 heavy (non-hydrogen) atoms. The van der Waals surface area contributed by atoms with Gasteiger partial charge in [0.15, 0.2) is 0 Å². The molecule has 3 aromatic rings. The van der Waals surface area contributed by atoms with Crippen LogP contribution >= 0.6 is 11.6 Å². The second-order valence-corrected chi connectivity index (χ2v) is 9.89. The number of halogens is 1. The Bertz CT molecular complexity index is 1310. The summed E-state index contributed by atoms with van der Waals surface area (Å²) in [6.07, 6.45) is 0. The third kappa shape index (κ3) is 4.89. The van der Waals surface area contributed by atoms with Crippen molar-refractivity contribution in [2.75, 3.05) is 5.32 Å². The fourth-order valence-corrected chi connectivity index (χ4v) is 5.23. The summed E-state index contributed by atoms with van der Waals surface area (Å²) in [5.41, 5.74) is 2.69. The summed E-state index contributed by atoms with van der Waals surface area (Å²) in [5, 5.41) is 3.16. The van der Waals surface area contributed by atoms with E-state index < -0.39 is 21.3 Å². The first kappa shape index (κ1) is 22.8. The maximum absolute atomic E-state index is 13.2. The molecule has 0 spiro atoms. The zero-order valence-corrected chi connectivity index (χ0v) is 19.3. The molecule has 8 heteroatoms. The minimum atomic E-state index is -4.09. The van der Waals surface area contributed by atoms with E-state index in [1.165, 1.54) is 28.8 Å². The quantitative estimate of drug-likeness (QED) is 0.620. The van der Waals surface area contributed by atoms with Gasteiger partial charge >= 0.3 is 0 Å². The van der Waals surface area contributed by atoms with Crippen molar-refractivity contribution in [2.45, 2.75) is 44.0 Å². The van der Waals surface area contributed by atoms with E-state index >= 15 is 0 Å². The number of hydrogen-bond acceptors (Lipinski definition) is 4. The Balaban J connectivity index is 2.00. The highest BCUT2D eigenvalue weighted by atomic mass is 35.5. The summed E-state index contributed by atoms with van der Waals surface area (Å²) in [6.45, 7) is 6.77. The minimum Gasteiger partial charge on any atom is -0.325 e. The van der Waals surface area contributed by atoms with Crippen LogP contribution in [0.15, 0.2) is 63.1 Å². The van der Waals surface area contributed by atoms with Gasteiger partial charge in [-0.15, -0.1) is 0 Å². The van der Waals surface area contributed by atoms with Crippen LogP contribution in [-0.4, -0.2) is 18.9 Å². The Morgan fingerprint density at radius 2 is 1.55 bits per heavy atom. The highest BCUT2D eigenvalue weighted by molar-refractivity contribution is 7.91. The third-order valence-corrected chi connectivity index (χ3v) is 7.03. The van der Waals surface area contributed by atoms with E-state index in [-0.39, 0.29) is 16.3 Å². The van der Waals surface area contributed by atoms with E-state index in [0.29, 0.717) is 22.0 Å². The average Bonchev–Trinajstić information content (AvgIpc) is 2.64. The molecule has 0 unspecified atom stereocenters. The number of hydrogen-bond donors (Lipinski definition) is 1. The molecule has 6 nitrogen and oxygen atoms in total. The number of carbonyl (C=O) groups excluding carboxylic acids is 1. The second-order valence-electron chi connectivity index (χ2n) is 7.57. The van der Waals surface area contributed by atoms with E-state index in [1.54, 1.807) is 19.9 Å². The predicted molar refractivity (Wildman–Crippen MR) is 122 cm³/mol. The number of carbonyl (C=O) groups is 1. The molecule has 1 heterocycles. The first-order valence-corrected chi connectivity index (χ1v) is 11.4. The van der Waals surface area contributed by atoms with Gasteiger partial charge < -0.3 is 9.88 Å². The van der Waals surface area contributed by atoms with Crippen LogP contribution in [0.3, 0.4) is 0 Å². The van der Waals surface area contributed by atoms with Crippen molar-refractivity contribution in [1.29, 1.82) is 0 Å². The first-order valence-electron chi connectivity index (χ1n) is 9.59. The first-order chi connectivity index (χ1) is 14.5. The highest BCUT2D eigenvalue weighted by Gasteiger charge is 2.26. The Kier molecular flexibility index (Phi) is 6.38. The zero-order valence-electron chi connectivity index (χ0n) is 17.7. The van der Waals surface area contributed by atoms with Gasteiger partial charge in [-0.1, -0.05) is 17.7 Å². The van der Waals surface area contributed by atoms with Crippen LogP contribution in [0.2, 0.25) is 5.02 Å². The Morgan fingerprint density at radius 3 is 2.13 bits per heavy atom. The number of amides is 1. The molecule has 0 radical (unpaired) electrons. The smallest absolute Gasteiger partial charge is 0.270 e. The number of pyridine rings is 1. The summed E-state index contributed by atoms with van der Waals surface area (Å²) in [7, 11) is -4.09. The summed E-state index contributed by atoms with van der Waals surface area (Å²) in [6, 6.07) is 12.8. The van der Waals surface area contributed by atoms with Gasteiger partial charge in [0, 0.05) is 16.4 Å². The van der Waals surface area contributed by atoms with Crippen molar-refractivity contribution < 1.29 is 13.2 Å². The number of aryl methyl sites for hydroxylation is 4. The van der Waals surface area contributed by atoms with Crippen LogP contribution in [0.25, 0.3) is 0 Å². The van der Waals surface area contributed by atoms with Crippen molar-refractivity contribution in [1.82, 2.24) is 4.57 Å². The van der Waals surface area contributed by atoms with Gasteiger partial charge in [0.1, 0.15) is 11.4 Å². The van der Waals surface area contributed by atoms with Gasteiger partial charge in [0.2, 0.25) is 15.7 Å². The molecule has 0 saturated heterocycles. The largest absolute Gasteiger partial charge is 0.325 e. The van der Waals surface area contributed by atoms with E-state index in [4.69, 9.17) is 11.6 Å². The molecule has 0 atom stereocenters. The normalized spacial score (nSPS) is 11.4. The van der Waals surface area contributed by atoms with Crippen molar-refractivity contribution >= 4 is 33.0 Å². The van der Waals surface area contributed by atoms with E-state index in [1.807, 2.05) is 32.0 Å². The highest BCUT2D eigenvalue weighted by Crippen LogP contribution is 2.23. The van der Waals surface area contributed by atoms with Crippen molar-refractivity contribution in [3.63, 3.8) is 0 Å². The molecule has 162 valence electrons. The van der Waals surface area contributed by atoms with Crippen LogP contribution in [0.4, 0.5) is 5.69 Å². The molecule has 3 rings (SSSR count). The monoisotopic (exact) mass is 458 g/mol. The molecule has 0 fully saturated rings. The summed E-state index contributed by atoms with van der Waals surface area (Å²) in [4.78, 5) is 25.4. The van der Waals surface area contributed by atoms with Gasteiger partial charge in [-0.05, 0) is 86.8 Å². The molecular formula is C23H23ClN2O4S. The van der Waals surface area contributed by atoms with Crippen LogP contribution < -0.4 is 10.9 Å². The topological polar surface area (TPSA) is 85.2 Å². The van der Waals surface area contributed by atoms with Crippen molar-refractivity contribution in [2.24, 2.45) is 0 Å². The lowest BCUT2D eigenvalue weighted by Crippen LogP contribution is -2.33.